The molecule has 6 heteroatoms. The molecule has 1 saturated heterocycles. The monoisotopic (exact) mass is 493 g/mol. The van der Waals surface area contributed by atoms with Gasteiger partial charge in [0.15, 0.2) is 0 Å². The Morgan fingerprint density at radius 1 is 0.973 bits per heavy atom. The van der Waals surface area contributed by atoms with Crippen molar-refractivity contribution in [2.75, 3.05) is 18.8 Å². The number of para-hydroxylation sites is 1. The van der Waals surface area contributed by atoms with Crippen molar-refractivity contribution in [2.45, 2.75) is 44.2 Å². The van der Waals surface area contributed by atoms with Crippen molar-refractivity contribution >= 4 is 22.6 Å². The van der Waals surface area contributed by atoms with E-state index < -0.39 is 5.97 Å². The van der Waals surface area contributed by atoms with E-state index in [1.54, 1.807) is 6.20 Å². The molecular formula is C31H31N3O3. The van der Waals surface area contributed by atoms with Crippen molar-refractivity contribution in [3.8, 4) is 16.9 Å². The topological polar surface area (TPSA) is 88.7 Å². The highest BCUT2D eigenvalue weighted by Gasteiger charge is 2.37. The maximum atomic E-state index is 11.5. The van der Waals surface area contributed by atoms with Crippen molar-refractivity contribution in [1.29, 1.82) is 0 Å². The van der Waals surface area contributed by atoms with Gasteiger partial charge in [-0.15, -0.1) is 0 Å². The fraction of sp³-hybridized carbons (Fsp3) is 0.290. The number of piperidine rings is 1. The van der Waals surface area contributed by atoms with Crippen LogP contribution in [0.2, 0.25) is 0 Å². The minimum absolute atomic E-state index is 0.0587. The third-order valence-corrected chi connectivity index (χ3v) is 7.79. The van der Waals surface area contributed by atoms with Crippen molar-refractivity contribution in [3.05, 3.63) is 89.6 Å². The summed E-state index contributed by atoms with van der Waals surface area (Å²) in [5.41, 5.74) is 11.6. The van der Waals surface area contributed by atoms with Gasteiger partial charge < -0.3 is 15.6 Å². The van der Waals surface area contributed by atoms with Crippen LogP contribution >= 0.6 is 0 Å². The number of ether oxygens (including phenoxy) is 1. The van der Waals surface area contributed by atoms with Gasteiger partial charge in [-0.05, 0) is 71.8 Å². The Bertz CT molecular complexity index is 1460. The number of nitrogens with zero attached hydrogens (tertiary/aromatic N) is 2. The van der Waals surface area contributed by atoms with Gasteiger partial charge in [-0.1, -0.05) is 55.0 Å². The van der Waals surface area contributed by atoms with Crippen LogP contribution in [0, 0.1) is 0 Å². The lowest BCUT2D eigenvalue weighted by Gasteiger charge is -2.33. The average Bonchev–Trinajstić information content (AvgIpc) is 3.27. The van der Waals surface area contributed by atoms with E-state index in [2.05, 4.69) is 34.1 Å². The molecule has 0 unspecified atom stereocenters. The van der Waals surface area contributed by atoms with Gasteiger partial charge in [0.2, 0.25) is 0 Å². The number of pyridine rings is 1. The van der Waals surface area contributed by atoms with Crippen LogP contribution in [0.1, 0.15) is 54.5 Å². The standard InChI is InChI=1S/C31H31N3O3/c32-31-25-9-6-8-22(23(25)13-14-33-31)20-11-12-24-26(17-20)29(19-27(24)34-15-4-1-5-16-34)37-28-10-3-2-7-21(28)18-30(35)36/h2-3,6-14,17,27,29H,1,4-5,15-16,18-19H2,(H2,32,33)(H,35,36)/t27-,29-/m1/s1. The molecule has 6 rings (SSSR count). The summed E-state index contributed by atoms with van der Waals surface area (Å²) in [5.74, 6) is 0.317. The first-order chi connectivity index (χ1) is 18.1. The number of nitrogens with two attached hydrogens (primary N) is 1. The Morgan fingerprint density at radius 2 is 1.81 bits per heavy atom. The number of anilines is 1. The Balaban J connectivity index is 1.42. The van der Waals surface area contributed by atoms with Crippen molar-refractivity contribution in [1.82, 2.24) is 9.88 Å². The fourth-order valence-electron chi connectivity index (χ4n) is 6.03. The molecule has 3 N–H and O–H groups in total. The number of aliphatic carboxylic acids is 1. The zero-order chi connectivity index (χ0) is 25.4. The molecule has 188 valence electrons. The average molecular weight is 494 g/mol. The van der Waals surface area contributed by atoms with E-state index in [0.717, 1.165) is 41.4 Å². The lowest BCUT2D eigenvalue weighted by Crippen LogP contribution is -2.32. The number of hydrogen-bond donors (Lipinski definition) is 2. The molecule has 0 radical (unpaired) electrons. The van der Waals surface area contributed by atoms with Crippen LogP contribution in [0.4, 0.5) is 5.82 Å². The SMILES string of the molecule is Nc1nccc2c(-c3ccc4c(c3)[C@H](Oc3ccccc3CC(=O)O)C[C@H]4N3CCCCC3)cccc12. The van der Waals surface area contributed by atoms with Crippen LogP contribution < -0.4 is 10.5 Å². The molecule has 0 spiro atoms. The van der Waals surface area contributed by atoms with Gasteiger partial charge in [-0.2, -0.15) is 0 Å². The van der Waals surface area contributed by atoms with Crippen molar-refractivity contribution in [2.24, 2.45) is 0 Å². The molecular weight excluding hydrogens is 462 g/mol. The molecule has 1 aliphatic heterocycles. The largest absolute Gasteiger partial charge is 0.485 e. The van der Waals surface area contributed by atoms with E-state index in [0.29, 0.717) is 23.2 Å². The molecule has 2 atom stereocenters. The minimum Gasteiger partial charge on any atom is -0.485 e. The third kappa shape index (κ3) is 4.53. The van der Waals surface area contributed by atoms with E-state index in [1.165, 1.54) is 30.4 Å². The number of benzene rings is 3. The quantitative estimate of drug-likeness (QED) is 0.334. The zero-order valence-electron chi connectivity index (χ0n) is 20.8. The van der Waals surface area contributed by atoms with Gasteiger partial charge in [0.1, 0.15) is 17.7 Å². The lowest BCUT2D eigenvalue weighted by molar-refractivity contribution is -0.136. The van der Waals surface area contributed by atoms with Crippen LogP contribution in [0.3, 0.4) is 0 Å². The normalized spacial score (nSPS) is 19.6. The van der Waals surface area contributed by atoms with E-state index in [1.807, 2.05) is 42.5 Å². The number of carboxylic acid groups (broad SMARTS) is 1. The number of aromatic nitrogens is 1. The first-order valence-corrected chi connectivity index (χ1v) is 13.1. The lowest BCUT2D eigenvalue weighted by atomic mass is 9.95. The maximum Gasteiger partial charge on any atom is 0.307 e. The molecule has 6 nitrogen and oxygen atoms in total. The van der Waals surface area contributed by atoms with Crippen LogP contribution in [-0.4, -0.2) is 34.0 Å². The first-order valence-electron chi connectivity index (χ1n) is 13.1. The Hall–Kier alpha value is -3.90. The molecule has 37 heavy (non-hydrogen) atoms. The molecule has 2 heterocycles. The second-order valence-electron chi connectivity index (χ2n) is 10.1. The van der Waals surface area contributed by atoms with E-state index >= 15 is 0 Å². The summed E-state index contributed by atoms with van der Waals surface area (Å²) in [7, 11) is 0. The van der Waals surface area contributed by atoms with Gasteiger partial charge in [0.05, 0.1) is 6.42 Å². The van der Waals surface area contributed by atoms with E-state index in [4.69, 9.17) is 10.5 Å². The Labute approximate surface area is 216 Å². The third-order valence-electron chi connectivity index (χ3n) is 7.79. The number of likely N-dealkylation sites (tertiary alicyclic amines) is 1. The van der Waals surface area contributed by atoms with Crippen molar-refractivity contribution < 1.29 is 14.6 Å². The molecule has 0 bridgehead atoms. The summed E-state index contributed by atoms with van der Waals surface area (Å²) < 4.78 is 6.63. The zero-order valence-corrected chi connectivity index (χ0v) is 20.8. The molecule has 3 aromatic carbocycles. The maximum absolute atomic E-state index is 11.5. The van der Waals surface area contributed by atoms with Gasteiger partial charge in [0.25, 0.3) is 0 Å². The second kappa shape index (κ2) is 9.87. The summed E-state index contributed by atoms with van der Waals surface area (Å²) >= 11 is 0. The number of fused-ring (bicyclic) bond motifs is 2. The predicted molar refractivity (Wildman–Crippen MR) is 146 cm³/mol. The second-order valence-corrected chi connectivity index (χ2v) is 10.1. The van der Waals surface area contributed by atoms with Gasteiger partial charge >= 0.3 is 5.97 Å². The van der Waals surface area contributed by atoms with Crippen LogP contribution in [0.5, 0.6) is 5.75 Å². The smallest absolute Gasteiger partial charge is 0.307 e. The highest BCUT2D eigenvalue weighted by molar-refractivity contribution is 6.01. The summed E-state index contributed by atoms with van der Waals surface area (Å²) in [4.78, 5) is 18.3. The highest BCUT2D eigenvalue weighted by Crippen LogP contribution is 2.47. The van der Waals surface area contributed by atoms with Crippen LogP contribution in [-0.2, 0) is 11.2 Å². The van der Waals surface area contributed by atoms with Crippen LogP contribution in [0.15, 0.2) is 72.9 Å². The van der Waals surface area contributed by atoms with Gasteiger partial charge in [-0.3, -0.25) is 9.69 Å². The highest BCUT2D eigenvalue weighted by atomic mass is 16.5. The molecule has 0 amide bonds. The summed E-state index contributed by atoms with van der Waals surface area (Å²) in [6.07, 6.45) is 6.13. The number of carbonyl (C=O) groups is 1. The Kier molecular flexibility index (Phi) is 6.26. The number of nitrogen functional groups attached to an aromatic ring is 1. The molecule has 2 aliphatic rings. The summed E-state index contributed by atoms with van der Waals surface area (Å²) in [5, 5.41) is 11.4. The summed E-state index contributed by atoms with van der Waals surface area (Å²) in [6.45, 7) is 2.20. The van der Waals surface area contributed by atoms with E-state index in [-0.39, 0.29) is 12.5 Å². The number of hydrogen-bond acceptors (Lipinski definition) is 5. The molecule has 1 aliphatic carbocycles. The predicted octanol–water partition coefficient (Wildman–Crippen LogP) is 6.16. The molecule has 1 fully saturated rings. The first kappa shape index (κ1) is 23.5. The van der Waals surface area contributed by atoms with E-state index in [9.17, 15) is 9.90 Å². The number of carboxylic acids is 1. The van der Waals surface area contributed by atoms with Gasteiger partial charge in [0, 0.05) is 29.6 Å². The fourth-order valence-corrected chi connectivity index (χ4v) is 6.03. The van der Waals surface area contributed by atoms with Gasteiger partial charge in [-0.25, -0.2) is 4.98 Å². The molecule has 0 saturated carbocycles. The summed E-state index contributed by atoms with van der Waals surface area (Å²) in [6, 6.07) is 22.7. The Morgan fingerprint density at radius 3 is 2.65 bits per heavy atom. The van der Waals surface area contributed by atoms with Crippen molar-refractivity contribution in [3.63, 3.8) is 0 Å². The van der Waals surface area contributed by atoms with Crippen LogP contribution in [0.25, 0.3) is 21.9 Å². The number of rotatable bonds is 6. The molecule has 1 aromatic heterocycles. The minimum atomic E-state index is -0.860. The molecule has 4 aromatic rings.